The summed E-state index contributed by atoms with van der Waals surface area (Å²) in [6.07, 6.45) is 0.461. The lowest BCUT2D eigenvalue weighted by atomic mass is 9.72. The Labute approximate surface area is 73.1 Å². The molecule has 1 aliphatic rings. The second-order valence-corrected chi connectivity index (χ2v) is 4.14. The molecule has 12 heavy (non-hydrogen) atoms. The summed E-state index contributed by atoms with van der Waals surface area (Å²) >= 11 is 0. The van der Waals surface area contributed by atoms with Crippen LogP contribution in [0.5, 0.6) is 0 Å². The van der Waals surface area contributed by atoms with E-state index in [9.17, 15) is 10.0 Å². The second-order valence-electron chi connectivity index (χ2n) is 4.14. The zero-order chi connectivity index (χ0) is 9.30. The number of hydrogen-bond acceptors (Lipinski definition) is 3. The zero-order valence-corrected chi connectivity index (χ0v) is 7.90. The molecule has 1 rings (SSSR count). The minimum atomic E-state index is -0.534. The van der Waals surface area contributed by atoms with Crippen LogP contribution in [-0.2, 0) is 0 Å². The van der Waals surface area contributed by atoms with Gasteiger partial charge in [0.15, 0.2) is 0 Å². The lowest BCUT2D eigenvalue weighted by molar-refractivity contribution is 0.0123. The Morgan fingerprint density at radius 1 is 1.25 bits per heavy atom. The maximum Gasteiger partial charge on any atom is 0.121 e. The van der Waals surface area contributed by atoms with E-state index in [1.54, 1.807) is 0 Å². The van der Waals surface area contributed by atoms with E-state index in [1.165, 1.54) is 0 Å². The Morgan fingerprint density at radius 2 is 1.83 bits per heavy atom. The van der Waals surface area contributed by atoms with Gasteiger partial charge >= 0.3 is 0 Å². The molecule has 0 aromatic heterocycles. The summed E-state index contributed by atoms with van der Waals surface area (Å²) in [5, 5.41) is 12.6. The van der Waals surface area contributed by atoms with Gasteiger partial charge in [-0.25, -0.2) is 0 Å². The van der Waals surface area contributed by atoms with Gasteiger partial charge in [0.05, 0.1) is 6.10 Å². The van der Waals surface area contributed by atoms with Crippen LogP contribution in [0, 0.1) is 22.7 Å². The molecule has 0 spiro atoms. The summed E-state index contributed by atoms with van der Waals surface area (Å²) in [4.78, 5) is 10.5. The van der Waals surface area contributed by atoms with Crippen LogP contribution in [0.3, 0.4) is 0 Å². The van der Waals surface area contributed by atoms with Gasteiger partial charge in [0.2, 0.25) is 0 Å². The first kappa shape index (κ1) is 9.65. The van der Waals surface area contributed by atoms with Crippen molar-refractivity contribution in [2.45, 2.75) is 39.3 Å². The molecule has 0 saturated heterocycles. The van der Waals surface area contributed by atoms with Crippen molar-refractivity contribution < 1.29 is 5.11 Å². The molecule has 1 aliphatic carbocycles. The number of hydrogen-bond donors (Lipinski definition) is 1. The van der Waals surface area contributed by atoms with Crippen molar-refractivity contribution in [2.24, 2.45) is 22.9 Å². The van der Waals surface area contributed by atoms with Gasteiger partial charge in [-0.05, 0) is 24.2 Å². The van der Waals surface area contributed by atoms with Gasteiger partial charge in [-0.1, -0.05) is 25.9 Å². The molecule has 0 radical (unpaired) electrons. The van der Waals surface area contributed by atoms with E-state index in [0.29, 0.717) is 5.92 Å². The van der Waals surface area contributed by atoms with Gasteiger partial charge in [0, 0.05) is 0 Å². The van der Waals surface area contributed by atoms with E-state index in [2.05, 4.69) is 12.1 Å². The average molecular weight is 171 g/mol. The van der Waals surface area contributed by atoms with Crippen LogP contribution in [0.2, 0.25) is 0 Å². The van der Waals surface area contributed by atoms with Crippen LogP contribution in [0.15, 0.2) is 5.18 Å². The van der Waals surface area contributed by atoms with Crippen LogP contribution in [0.1, 0.15) is 27.2 Å². The fraction of sp³-hybridized carbons (Fsp3) is 1.00. The Hall–Kier alpha value is -0.440. The molecule has 1 saturated carbocycles. The molecule has 5 atom stereocenters. The maximum absolute atomic E-state index is 10.5. The van der Waals surface area contributed by atoms with Crippen LogP contribution in [0.4, 0.5) is 0 Å². The van der Waals surface area contributed by atoms with Crippen molar-refractivity contribution in [3.05, 3.63) is 4.91 Å². The summed E-state index contributed by atoms with van der Waals surface area (Å²) in [5.74, 6) is 0.915. The summed E-state index contributed by atoms with van der Waals surface area (Å²) in [5.41, 5.74) is 0. The highest BCUT2D eigenvalue weighted by Crippen LogP contribution is 2.35. The predicted molar refractivity (Wildman–Crippen MR) is 47.7 cm³/mol. The summed E-state index contributed by atoms with van der Waals surface area (Å²) in [7, 11) is 0. The molecule has 0 aromatic rings. The molecule has 4 unspecified atom stereocenters. The van der Waals surface area contributed by atoms with Crippen molar-refractivity contribution in [3.8, 4) is 0 Å². The Morgan fingerprint density at radius 3 is 2.33 bits per heavy atom. The highest BCUT2D eigenvalue weighted by Gasteiger charge is 2.38. The van der Waals surface area contributed by atoms with E-state index in [0.717, 1.165) is 6.42 Å². The predicted octanol–water partition coefficient (Wildman–Crippen LogP) is 1.79. The highest BCUT2D eigenvalue weighted by molar-refractivity contribution is 4.91. The highest BCUT2D eigenvalue weighted by atomic mass is 16.3. The monoisotopic (exact) mass is 171 g/mol. The summed E-state index contributed by atoms with van der Waals surface area (Å²) in [6.45, 7) is 6.09. The molecule has 0 bridgehead atoms. The molecule has 0 aliphatic heterocycles. The summed E-state index contributed by atoms with van der Waals surface area (Å²) in [6, 6.07) is -0.399. The first-order valence-corrected chi connectivity index (χ1v) is 4.58. The standard InChI is InChI=1S/C9H17NO2/c1-5-4-6(2)9(11)8(10-12)7(5)3/h5-9,11H,4H2,1-3H3/t5-,6?,7?,8?,9?/m1/s1. The topological polar surface area (TPSA) is 49.7 Å². The Bertz CT molecular complexity index is 158. The summed E-state index contributed by atoms with van der Waals surface area (Å²) < 4.78 is 0. The normalized spacial score (nSPS) is 48.8. The third-order valence-electron chi connectivity index (χ3n) is 3.23. The molecule has 3 heteroatoms. The van der Waals surface area contributed by atoms with Crippen molar-refractivity contribution in [3.63, 3.8) is 0 Å². The zero-order valence-electron chi connectivity index (χ0n) is 7.90. The smallest absolute Gasteiger partial charge is 0.121 e. The van der Waals surface area contributed by atoms with E-state index >= 15 is 0 Å². The van der Waals surface area contributed by atoms with Gasteiger partial charge in [-0.3, -0.25) is 0 Å². The molecular formula is C9H17NO2. The second kappa shape index (κ2) is 3.52. The number of nitroso groups, excluding NO2 is 1. The van der Waals surface area contributed by atoms with E-state index in [4.69, 9.17) is 0 Å². The minimum absolute atomic E-state index is 0.207. The molecule has 0 aromatic carbocycles. The Balaban J connectivity index is 2.73. The van der Waals surface area contributed by atoms with Gasteiger partial charge < -0.3 is 5.11 Å². The number of nitrogens with zero attached hydrogens (tertiary/aromatic N) is 1. The average Bonchev–Trinajstić information content (AvgIpc) is 2.02. The number of rotatable bonds is 1. The van der Waals surface area contributed by atoms with Gasteiger partial charge in [-0.2, -0.15) is 4.91 Å². The molecule has 1 N–H and O–H groups in total. The first-order chi connectivity index (χ1) is 5.57. The third kappa shape index (κ3) is 1.51. The minimum Gasteiger partial charge on any atom is -0.390 e. The van der Waals surface area contributed by atoms with Crippen LogP contribution in [0.25, 0.3) is 0 Å². The van der Waals surface area contributed by atoms with E-state index in [1.807, 2.05) is 13.8 Å². The van der Waals surface area contributed by atoms with Gasteiger partial charge in [0.25, 0.3) is 0 Å². The van der Waals surface area contributed by atoms with E-state index < -0.39 is 12.1 Å². The fourth-order valence-corrected chi connectivity index (χ4v) is 2.08. The number of aliphatic hydroxyl groups excluding tert-OH is 1. The molecule has 70 valence electrons. The van der Waals surface area contributed by atoms with Crippen LogP contribution in [-0.4, -0.2) is 17.3 Å². The first-order valence-electron chi connectivity index (χ1n) is 4.58. The van der Waals surface area contributed by atoms with E-state index in [-0.39, 0.29) is 11.8 Å². The van der Waals surface area contributed by atoms with Crippen molar-refractivity contribution in [1.29, 1.82) is 0 Å². The molecule has 1 fully saturated rings. The Kier molecular flexibility index (Phi) is 2.83. The third-order valence-corrected chi connectivity index (χ3v) is 3.23. The van der Waals surface area contributed by atoms with Crippen molar-refractivity contribution >= 4 is 0 Å². The van der Waals surface area contributed by atoms with Crippen LogP contribution >= 0.6 is 0 Å². The van der Waals surface area contributed by atoms with Gasteiger partial charge in [0.1, 0.15) is 6.04 Å². The maximum atomic E-state index is 10.5. The van der Waals surface area contributed by atoms with Crippen molar-refractivity contribution in [1.82, 2.24) is 0 Å². The molecule has 3 nitrogen and oxygen atoms in total. The molecule has 0 heterocycles. The molecule has 0 amide bonds. The quantitative estimate of drug-likeness (QED) is 0.611. The lowest BCUT2D eigenvalue weighted by Crippen LogP contribution is -2.43. The largest absolute Gasteiger partial charge is 0.390 e. The fourth-order valence-electron chi connectivity index (χ4n) is 2.08. The van der Waals surface area contributed by atoms with Crippen molar-refractivity contribution in [2.75, 3.05) is 0 Å². The lowest BCUT2D eigenvalue weighted by Gasteiger charge is -2.37. The number of aliphatic hydroxyl groups is 1. The SMILES string of the molecule is CC1C[C@@H](C)C(C)C(N=O)C1O. The molecular weight excluding hydrogens is 154 g/mol. The van der Waals surface area contributed by atoms with Gasteiger partial charge in [-0.15, -0.1) is 0 Å². The van der Waals surface area contributed by atoms with Crippen LogP contribution < -0.4 is 0 Å².